The topological polar surface area (TPSA) is 41.5 Å². The van der Waals surface area contributed by atoms with Crippen molar-refractivity contribution in [2.24, 2.45) is 5.10 Å². The van der Waals surface area contributed by atoms with Crippen molar-refractivity contribution in [3.8, 4) is 0 Å². The molecule has 0 aliphatic carbocycles. The van der Waals surface area contributed by atoms with Crippen LogP contribution in [0.15, 0.2) is 59.7 Å². The van der Waals surface area contributed by atoms with Gasteiger partial charge in [-0.25, -0.2) is 5.43 Å². The molecule has 3 nitrogen and oxygen atoms in total. The molecule has 114 valence electrons. The van der Waals surface area contributed by atoms with E-state index in [0.717, 1.165) is 12.1 Å². The first-order valence-electron chi connectivity index (χ1n) is 7.53. The van der Waals surface area contributed by atoms with Crippen molar-refractivity contribution in [1.82, 2.24) is 5.43 Å². The van der Waals surface area contributed by atoms with Crippen LogP contribution in [0.4, 0.5) is 0 Å². The van der Waals surface area contributed by atoms with E-state index in [1.54, 1.807) is 0 Å². The first-order chi connectivity index (χ1) is 10.6. The number of carbonyl (C=O) groups excluding carboxylic acids is 1. The fourth-order valence-electron chi connectivity index (χ4n) is 2.16. The molecular formula is C19H22N2O. The van der Waals surface area contributed by atoms with E-state index in [1.165, 1.54) is 11.1 Å². The number of carbonyl (C=O) groups is 1. The number of amides is 1. The van der Waals surface area contributed by atoms with Crippen molar-refractivity contribution in [1.29, 1.82) is 0 Å². The van der Waals surface area contributed by atoms with Crippen molar-refractivity contribution in [2.45, 2.75) is 33.1 Å². The lowest BCUT2D eigenvalue weighted by Crippen LogP contribution is -2.19. The Hall–Kier alpha value is -2.42. The summed E-state index contributed by atoms with van der Waals surface area (Å²) in [7, 11) is 0. The van der Waals surface area contributed by atoms with Gasteiger partial charge in [0.15, 0.2) is 0 Å². The first kappa shape index (κ1) is 16.0. The molecular weight excluding hydrogens is 272 g/mol. The number of rotatable bonds is 5. The van der Waals surface area contributed by atoms with Crippen LogP contribution >= 0.6 is 0 Å². The van der Waals surface area contributed by atoms with Crippen LogP contribution in [0.1, 0.15) is 48.2 Å². The third-order valence-corrected chi connectivity index (χ3v) is 3.49. The van der Waals surface area contributed by atoms with E-state index in [1.807, 2.05) is 61.5 Å². The quantitative estimate of drug-likeness (QED) is 0.653. The van der Waals surface area contributed by atoms with Gasteiger partial charge in [0.1, 0.15) is 0 Å². The van der Waals surface area contributed by atoms with Gasteiger partial charge in [-0.2, -0.15) is 5.10 Å². The molecule has 0 bridgehead atoms. The smallest absolute Gasteiger partial charge is 0.267 e. The molecule has 2 rings (SSSR count). The van der Waals surface area contributed by atoms with E-state index in [4.69, 9.17) is 0 Å². The lowest BCUT2D eigenvalue weighted by Gasteiger charge is -2.06. The summed E-state index contributed by atoms with van der Waals surface area (Å²) >= 11 is 0. The van der Waals surface area contributed by atoms with Crippen LogP contribution in [-0.2, 0) is 6.42 Å². The van der Waals surface area contributed by atoms with Crippen LogP contribution in [0.2, 0.25) is 0 Å². The summed E-state index contributed by atoms with van der Waals surface area (Å²) in [5.41, 5.74) is 6.52. The number of benzene rings is 2. The molecule has 0 heterocycles. The Morgan fingerprint density at radius 3 is 2.27 bits per heavy atom. The summed E-state index contributed by atoms with van der Waals surface area (Å²) in [5, 5.41) is 4.17. The molecule has 0 aliphatic heterocycles. The summed E-state index contributed by atoms with van der Waals surface area (Å²) in [5.74, 6) is 0.283. The predicted molar refractivity (Wildman–Crippen MR) is 91.3 cm³/mol. The Kier molecular flexibility index (Phi) is 5.48. The van der Waals surface area contributed by atoms with E-state index < -0.39 is 0 Å². The van der Waals surface area contributed by atoms with E-state index in [9.17, 15) is 4.79 Å². The molecule has 0 saturated heterocycles. The molecule has 2 aromatic rings. The van der Waals surface area contributed by atoms with Gasteiger partial charge in [0.2, 0.25) is 0 Å². The largest absolute Gasteiger partial charge is 0.271 e. The number of hydrazone groups is 1. The van der Waals surface area contributed by atoms with Crippen LogP contribution < -0.4 is 5.43 Å². The SMILES string of the molecule is CC(Cc1ccccc1)=NNC(=O)c1ccc(C(C)C)cc1. The Bertz CT molecular complexity index is 643. The number of hydrogen-bond acceptors (Lipinski definition) is 2. The molecule has 0 aliphatic rings. The van der Waals surface area contributed by atoms with Crippen LogP contribution in [0.5, 0.6) is 0 Å². The van der Waals surface area contributed by atoms with E-state index >= 15 is 0 Å². The average molecular weight is 294 g/mol. The fraction of sp³-hybridized carbons (Fsp3) is 0.263. The molecule has 3 heteroatoms. The van der Waals surface area contributed by atoms with Gasteiger partial charge in [-0.3, -0.25) is 4.79 Å². The molecule has 22 heavy (non-hydrogen) atoms. The van der Waals surface area contributed by atoms with Crippen LogP contribution in [0.3, 0.4) is 0 Å². The lowest BCUT2D eigenvalue weighted by molar-refractivity contribution is 0.0954. The molecule has 0 aromatic heterocycles. The van der Waals surface area contributed by atoms with Gasteiger partial charge in [0.25, 0.3) is 5.91 Å². The number of hydrogen-bond donors (Lipinski definition) is 1. The van der Waals surface area contributed by atoms with Gasteiger partial charge in [-0.1, -0.05) is 56.3 Å². The highest BCUT2D eigenvalue weighted by Crippen LogP contribution is 2.14. The standard InChI is InChI=1S/C19H22N2O/c1-14(2)17-9-11-18(12-10-17)19(22)21-20-15(3)13-16-7-5-4-6-8-16/h4-12,14H,13H2,1-3H3,(H,21,22). The van der Waals surface area contributed by atoms with Gasteiger partial charge in [-0.05, 0) is 36.1 Å². The first-order valence-corrected chi connectivity index (χ1v) is 7.53. The Morgan fingerprint density at radius 2 is 1.68 bits per heavy atom. The minimum atomic E-state index is -0.178. The molecule has 0 fully saturated rings. The van der Waals surface area contributed by atoms with Gasteiger partial charge in [0.05, 0.1) is 0 Å². The van der Waals surface area contributed by atoms with E-state index in [0.29, 0.717) is 11.5 Å². The summed E-state index contributed by atoms with van der Waals surface area (Å²) in [4.78, 5) is 12.1. The van der Waals surface area contributed by atoms with Gasteiger partial charge >= 0.3 is 0 Å². The second-order valence-electron chi connectivity index (χ2n) is 5.73. The number of nitrogens with one attached hydrogen (secondary N) is 1. The average Bonchev–Trinajstić information content (AvgIpc) is 2.53. The van der Waals surface area contributed by atoms with Crippen molar-refractivity contribution < 1.29 is 4.79 Å². The van der Waals surface area contributed by atoms with Gasteiger partial charge in [0, 0.05) is 17.7 Å². The maximum atomic E-state index is 12.1. The normalized spacial score (nSPS) is 11.5. The van der Waals surface area contributed by atoms with E-state index in [2.05, 4.69) is 24.4 Å². The maximum Gasteiger partial charge on any atom is 0.271 e. The predicted octanol–water partition coefficient (Wildman–Crippen LogP) is 4.16. The number of nitrogens with zero attached hydrogens (tertiary/aromatic N) is 1. The van der Waals surface area contributed by atoms with Crippen LogP contribution in [0.25, 0.3) is 0 Å². The third-order valence-electron chi connectivity index (χ3n) is 3.49. The highest BCUT2D eigenvalue weighted by atomic mass is 16.2. The second kappa shape index (κ2) is 7.55. The Morgan fingerprint density at radius 1 is 1.05 bits per heavy atom. The molecule has 2 aromatic carbocycles. The zero-order valence-corrected chi connectivity index (χ0v) is 13.3. The third kappa shape index (κ3) is 4.55. The Labute approximate surface area is 132 Å². The van der Waals surface area contributed by atoms with Crippen LogP contribution in [-0.4, -0.2) is 11.6 Å². The minimum Gasteiger partial charge on any atom is -0.267 e. The zero-order chi connectivity index (χ0) is 15.9. The van der Waals surface area contributed by atoms with Gasteiger partial charge in [-0.15, -0.1) is 0 Å². The summed E-state index contributed by atoms with van der Waals surface area (Å²) in [6.07, 6.45) is 0.730. The van der Waals surface area contributed by atoms with Crippen molar-refractivity contribution in [3.63, 3.8) is 0 Å². The lowest BCUT2D eigenvalue weighted by atomic mass is 10.0. The molecule has 1 N–H and O–H groups in total. The Balaban J connectivity index is 1.95. The molecule has 0 atom stereocenters. The highest BCUT2D eigenvalue weighted by molar-refractivity contribution is 5.95. The second-order valence-corrected chi connectivity index (χ2v) is 5.73. The van der Waals surface area contributed by atoms with E-state index in [-0.39, 0.29) is 5.91 Å². The van der Waals surface area contributed by atoms with Gasteiger partial charge < -0.3 is 0 Å². The van der Waals surface area contributed by atoms with Crippen molar-refractivity contribution in [3.05, 3.63) is 71.3 Å². The van der Waals surface area contributed by atoms with Crippen molar-refractivity contribution >= 4 is 11.6 Å². The highest BCUT2D eigenvalue weighted by Gasteiger charge is 2.06. The molecule has 1 amide bonds. The molecule has 0 radical (unpaired) electrons. The van der Waals surface area contributed by atoms with Crippen molar-refractivity contribution in [2.75, 3.05) is 0 Å². The fourth-order valence-corrected chi connectivity index (χ4v) is 2.16. The minimum absolute atomic E-state index is 0.178. The van der Waals surface area contributed by atoms with Crippen LogP contribution in [0, 0.1) is 0 Å². The summed E-state index contributed by atoms with van der Waals surface area (Å²) in [6, 6.07) is 17.7. The summed E-state index contributed by atoms with van der Waals surface area (Å²) in [6.45, 7) is 6.17. The monoisotopic (exact) mass is 294 g/mol. The molecule has 0 unspecified atom stereocenters. The zero-order valence-electron chi connectivity index (χ0n) is 13.3. The summed E-state index contributed by atoms with van der Waals surface area (Å²) < 4.78 is 0. The maximum absolute atomic E-state index is 12.1. The molecule has 0 saturated carbocycles. The molecule has 0 spiro atoms.